The van der Waals surface area contributed by atoms with Crippen molar-refractivity contribution in [1.29, 1.82) is 0 Å². The molecule has 4 nitrogen and oxygen atoms in total. The summed E-state index contributed by atoms with van der Waals surface area (Å²) in [7, 11) is 3.80. The van der Waals surface area contributed by atoms with E-state index in [4.69, 9.17) is 9.47 Å². The van der Waals surface area contributed by atoms with Gasteiger partial charge in [-0.05, 0) is 19.2 Å². The second-order valence-corrected chi connectivity index (χ2v) is 4.37. The van der Waals surface area contributed by atoms with E-state index in [0.717, 1.165) is 37.7 Å². The molecule has 0 spiro atoms. The lowest BCUT2D eigenvalue weighted by atomic mass is 10.2. The second-order valence-electron chi connectivity index (χ2n) is 4.37. The van der Waals surface area contributed by atoms with Crippen molar-refractivity contribution in [2.45, 2.75) is 6.10 Å². The average molecular weight is 236 g/mol. The number of benzene rings is 1. The van der Waals surface area contributed by atoms with Gasteiger partial charge in [0.15, 0.2) is 0 Å². The molecule has 0 amide bonds. The number of nitrogens with zero attached hydrogens (tertiary/aromatic N) is 1. The summed E-state index contributed by atoms with van der Waals surface area (Å²) < 4.78 is 10.9. The largest absolute Gasteiger partial charge is 0.497 e. The van der Waals surface area contributed by atoms with E-state index >= 15 is 0 Å². The van der Waals surface area contributed by atoms with E-state index in [9.17, 15) is 0 Å². The molecule has 1 aliphatic heterocycles. The summed E-state index contributed by atoms with van der Waals surface area (Å²) in [6.07, 6.45) is 0.264. The number of hydrogen-bond acceptors (Lipinski definition) is 4. The van der Waals surface area contributed by atoms with E-state index < -0.39 is 0 Å². The molecule has 1 unspecified atom stereocenters. The van der Waals surface area contributed by atoms with Gasteiger partial charge in [-0.1, -0.05) is 6.07 Å². The first kappa shape index (κ1) is 12.2. The van der Waals surface area contributed by atoms with Crippen molar-refractivity contribution in [1.82, 2.24) is 4.90 Å². The Morgan fingerprint density at radius 3 is 3.18 bits per heavy atom. The van der Waals surface area contributed by atoms with Gasteiger partial charge in [-0.3, -0.25) is 0 Å². The van der Waals surface area contributed by atoms with Crippen molar-refractivity contribution in [2.24, 2.45) is 0 Å². The molecule has 17 heavy (non-hydrogen) atoms. The Labute approximate surface area is 103 Å². The van der Waals surface area contributed by atoms with E-state index in [1.807, 2.05) is 24.3 Å². The molecule has 0 saturated carbocycles. The zero-order valence-corrected chi connectivity index (χ0v) is 10.5. The third-order valence-electron chi connectivity index (χ3n) is 2.95. The number of likely N-dealkylation sites (N-methyl/N-ethyl adjacent to an activating group) is 1. The van der Waals surface area contributed by atoms with E-state index in [1.165, 1.54) is 0 Å². The number of methoxy groups -OCH3 is 1. The topological polar surface area (TPSA) is 33.7 Å². The van der Waals surface area contributed by atoms with E-state index in [-0.39, 0.29) is 6.10 Å². The van der Waals surface area contributed by atoms with Crippen molar-refractivity contribution in [3.8, 4) is 5.75 Å². The fourth-order valence-corrected chi connectivity index (χ4v) is 1.96. The molecule has 1 aromatic carbocycles. The van der Waals surface area contributed by atoms with Crippen LogP contribution in [0.1, 0.15) is 0 Å². The summed E-state index contributed by atoms with van der Waals surface area (Å²) in [5, 5.41) is 3.38. The summed E-state index contributed by atoms with van der Waals surface area (Å²) >= 11 is 0. The van der Waals surface area contributed by atoms with Crippen LogP contribution >= 0.6 is 0 Å². The number of rotatable bonds is 4. The second kappa shape index (κ2) is 5.89. The zero-order valence-electron chi connectivity index (χ0n) is 10.5. The van der Waals surface area contributed by atoms with Gasteiger partial charge in [0.25, 0.3) is 0 Å². The van der Waals surface area contributed by atoms with Gasteiger partial charge in [-0.25, -0.2) is 0 Å². The highest BCUT2D eigenvalue weighted by Crippen LogP contribution is 2.17. The number of hydrogen-bond donors (Lipinski definition) is 1. The molecular formula is C13H20N2O2. The Kier molecular flexibility index (Phi) is 4.23. The summed E-state index contributed by atoms with van der Waals surface area (Å²) in [6, 6.07) is 7.95. The fourth-order valence-electron chi connectivity index (χ4n) is 1.96. The van der Waals surface area contributed by atoms with Gasteiger partial charge in [0.1, 0.15) is 5.75 Å². The molecule has 1 aliphatic rings. The molecule has 94 valence electrons. The molecule has 0 bridgehead atoms. The highest BCUT2D eigenvalue weighted by atomic mass is 16.5. The average Bonchev–Trinajstić information content (AvgIpc) is 2.37. The number of ether oxygens (including phenoxy) is 2. The Morgan fingerprint density at radius 1 is 1.53 bits per heavy atom. The summed E-state index contributed by atoms with van der Waals surface area (Å²) in [5.74, 6) is 0.872. The number of nitrogens with one attached hydrogen (secondary N) is 1. The van der Waals surface area contributed by atoms with Crippen LogP contribution in [0, 0.1) is 0 Å². The van der Waals surface area contributed by atoms with Crippen molar-refractivity contribution in [3.05, 3.63) is 24.3 Å². The molecule has 1 fully saturated rings. The van der Waals surface area contributed by atoms with Gasteiger partial charge in [0, 0.05) is 31.4 Å². The minimum absolute atomic E-state index is 0.264. The lowest BCUT2D eigenvalue weighted by Crippen LogP contribution is -2.43. The van der Waals surface area contributed by atoms with E-state index in [2.05, 4.69) is 17.3 Å². The Balaban J connectivity index is 1.84. The normalized spacial score (nSPS) is 21.2. The highest BCUT2D eigenvalue weighted by Gasteiger charge is 2.16. The maximum absolute atomic E-state index is 5.69. The van der Waals surface area contributed by atoms with Gasteiger partial charge in [0.05, 0.1) is 19.8 Å². The lowest BCUT2D eigenvalue weighted by Gasteiger charge is -2.30. The molecule has 2 rings (SSSR count). The van der Waals surface area contributed by atoms with Gasteiger partial charge in [0.2, 0.25) is 0 Å². The fraction of sp³-hybridized carbons (Fsp3) is 0.538. The standard InChI is InChI=1S/C13H20N2O2/c1-15-6-7-17-13(10-15)9-14-11-4-3-5-12(8-11)16-2/h3-5,8,13-14H,6-7,9-10H2,1-2H3. The molecule has 1 aromatic rings. The van der Waals surface area contributed by atoms with Crippen LogP contribution in [0.3, 0.4) is 0 Å². The first-order valence-electron chi connectivity index (χ1n) is 5.96. The smallest absolute Gasteiger partial charge is 0.120 e. The van der Waals surface area contributed by atoms with Gasteiger partial charge < -0.3 is 19.7 Å². The maximum atomic E-state index is 5.69. The molecule has 0 radical (unpaired) electrons. The molecule has 1 saturated heterocycles. The predicted octanol–water partition coefficient (Wildman–Crippen LogP) is 1.44. The van der Waals surface area contributed by atoms with Crippen molar-refractivity contribution < 1.29 is 9.47 Å². The number of anilines is 1. The third kappa shape index (κ3) is 3.61. The first-order chi connectivity index (χ1) is 8.28. The lowest BCUT2D eigenvalue weighted by molar-refractivity contribution is -0.0117. The van der Waals surface area contributed by atoms with Crippen molar-refractivity contribution in [2.75, 3.05) is 45.7 Å². The van der Waals surface area contributed by atoms with Crippen LogP contribution in [0.25, 0.3) is 0 Å². The van der Waals surface area contributed by atoms with Crippen LogP contribution in [-0.2, 0) is 4.74 Å². The van der Waals surface area contributed by atoms with Gasteiger partial charge in [-0.15, -0.1) is 0 Å². The first-order valence-corrected chi connectivity index (χ1v) is 5.96. The van der Waals surface area contributed by atoms with Crippen molar-refractivity contribution >= 4 is 5.69 Å². The Bertz CT molecular complexity index is 357. The summed E-state index contributed by atoms with van der Waals surface area (Å²) in [6.45, 7) is 3.66. The van der Waals surface area contributed by atoms with Gasteiger partial charge in [-0.2, -0.15) is 0 Å². The van der Waals surface area contributed by atoms with E-state index in [1.54, 1.807) is 7.11 Å². The van der Waals surface area contributed by atoms with E-state index in [0.29, 0.717) is 0 Å². The van der Waals surface area contributed by atoms with Crippen molar-refractivity contribution in [3.63, 3.8) is 0 Å². The van der Waals surface area contributed by atoms with Crippen LogP contribution in [0.5, 0.6) is 5.75 Å². The molecule has 4 heteroatoms. The maximum Gasteiger partial charge on any atom is 0.120 e. The zero-order chi connectivity index (χ0) is 12.1. The third-order valence-corrected chi connectivity index (χ3v) is 2.95. The summed E-state index contributed by atoms with van der Waals surface area (Å²) in [5.41, 5.74) is 1.07. The quantitative estimate of drug-likeness (QED) is 0.857. The van der Waals surface area contributed by atoms with Crippen LogP contribution in [0.15, 0.2) is 24.3 Å². The SMILES string of the molecule is COc1cccc(NCC2CN(C)CCO2)c1. The molecule has 1 atom stereocenters. The number of morpholine rings is 1. The minimum Gasteiger partial charge on any atom is -0.497 e. The van der Waals surface area contributed by atoms with Crippen LogP contribution < -0.4 is 10.1 Å². The van der Waals surface area contributed by atoms with Crippen LogP contribution in [0.2, 0.25) is 0 Å². The minimum atomic E-state index is 0.264. The van der Waals surface area contributed by atoms with Crippen LogP contribution in [-0.4, -0.2) is 51.4 Å². The molecule has 0 aromatic heterocycles. The van der Waals surface area contributed by atoms with Crippen LogP contribution in [0.4, 0.5) is 5.69 Å². The highest BCUT2D eigenvalue weighted by molar-refractivity contribution is 5.48. The molecule has 0 aliphatic carbocycles. The van der Waals surface area contributed by atoms with Gasteiger partial charge >= 0.3 is 0 Å². The molecule has 1 N–H and O–H groups in total. The Morgan fingerprint density at radius 2 is 2.41 bits per heavy atom. The molecular weight excluding hydrogens is 216 g/mol. The summed E-state index contributed by atoms with van der Waals surface area (Å²) in [4.78, 5) is 2.29. The monoisotopic (exact) mass is 236 g/mol. The predicted molar refractivity (Wildman–Crippen MR) is 68.7 cm³/mol. The Hall–Kier alpha value is -1.26. The molecule has 1 heterocycles.